The molecule has 0 heteroatoms. The summed E-state index contributed by atoms with van der Waals surface area (Å²) in [6.45, 7) is 5.94. The Morgan fingerprint density at radius 2 is 1.17 bits per heavy atom. The van der Waals surface area contributed by atoms with Gasteiger partial charge in [-0.2, -0.15) is 0 Å². The second-order valence-corrected chi connectivity index (χ2v) is 5.18. The molecule has 0 unspecified atom stereocenters. The summed E-state index contributed by atoms with van der Waals surface area (Å²) in [7, 11) is 0. The van der Waals surface area contributed by atoms with Gasteiger partial charge in [0.05, 0.1) is 0 Å². The molecule has 0 bridgehead atoms. The van der Waals surface area contributed by atoms with Crippen LogP contribution in [-0.2, 0) is 0 Å². The zero-order chi connectivity index (χ0) is 13.3. The Bertz CT molecular complexity index is 188. The molecule has 0 aliphatic rings. The molecule has 0 heterocycles. The summed E-state index contributed by atoms with van der Waals surface area (Å²) < 4.78 is 0. The zero-order valence-electron chi connectivity index (χ0n) is 12.5. The van der Waals surface area contributed by atoms with Gasteiger partial charge >= 0.3 is 0 Å². The van der Waals surface area contributed by atoms with Crippen molar-refractivity contribution in [2.75, 3.05) is 0 Å². The Morgan fingerprint density at radius 3 is 1.67 bits per heavy atom. The fourth-order valence-corrected chi connectivity index (χ4v) is 2.18. The van der Waals surface area contributed by atoms with Gasteiger partial charge in [0.1, 0.15) is 0 Å². The van der Waals surface area contributed by atoms with Gasteiger partial charge in [0.25, 0.3) is 0 Å². The number of hydrogen-bond acceptors (Lipinski definition) is 0. The topological polar surface area (TPSA) is 0 Å². The summed E-state index contributed by atoms with van der Waals surface area (Å²) in [5.41, 5.74) is 0. The molecule has 105 valence electrons. The second kappa shape index (κ2) is 16.5. The maximum Gasteiger partial charge on any atom is -0.0313 e. The Hall–Kier alpha value is -0.520. The standard InChI is InChI=1S/C18H33/c1-3-5-7-9-11-13-15-17-18-16-14-12-10-8-6-4-2/h3,5,7,9H,1,4,6,8,10-18H2,2H3. The summed E-state index contributed by atoms with van der Waals surface area (Å²) in [6, 6.07) is 0. The van der Waals surface area contributed by atoms with Crippen LogP contribution in [0.3, 0.4) is 0 Å². The van der Waals surface area contributed by atoms with E-state index in [0.717, 1.165) is 0 Å². The van der Waals surface area contributed by atoms with Gasteiger partial charge in [-0.1, -0.05) is 95.4 Å². The molecule has 0 nitrogen and oxygen atoms in total. The van der Waals surface area contributed by atoms with E-state index in [0.29, 0.717) is 0 Å². The van der Waals surface area contributed by atoms with Crippen molar-refractivity contribution in [3.8, 4) is 0 Å². The molecule has 0 amide bonds. The average molecular weight is 249 g/mol. The van der Waals surface area contributed by atoms with E-state index in [4.69, 9.17) is 0 Å². The summed E-state index contributed by atoms with van der Waals surface area (Å²) in [5, 5.41) is 0. The van der Waals surface area contributed by atoms with Crippen molar-refractivity contribution in [3.05, 3.63) is 31.2 Å². The van der Waals surface area contributed by atoms with E-state index in [1.165, 1.54) is 77.0 Å². The van der Waals surface area contributed by atoms with E-state index in [-0.39, 0.29) is 0 Å². The largest absolute Gasteiger partial charge is 0.0845 e. The highest BCUT2D eigenvalue weighted by Gasteiger charge is 1.92. The van der Waals surface area contributed by atoms with Crippen LogP contribution in [0.4, 0.5) is 0 Å². The summed E-state index contributed by atoms with van der Waals surface area (Å²) >= 11 is 0. The molecule has 0 aromatic rings. The predicted molar refractivity (Wildman–Crippen MR) is 84.7 cm³/mol. The monoisotopic (exact) mass is 249 g/mol. The Labute approximate surface area is 116 Å². The van der Waals surface area contributed by atoms with Gasteiger partial charge in [0, 0.05) is 0 Å². The molecule has 0 spiro atoms. The van der Waals surface area contributed by atoms with Crippen LogP contribution in [-0.4, -0.2) is 0 Å². The third-order valence-electron chi connectivity index (χ3n) is 3.36. The minimum absolute atomic E-state index is 1.22. The molecule has 0 rings (SSSR count). The molecule has 0 atom stereocenters. The van der Waals surface area contributed by atoms with Crippen LogP contribution in [0.25, 0.3) is 0 Å². The molecule has 18 heavy (non-hydrogen) atoms. The normalized spacial score (nSPS) is 11.9. The van der Waals surface area contributed by atoms with E-state index in [9.17, 15) is 0 Å². The highest BCUT2D eigenvalue weighted by molar-refractivity contribution is 5.03. The van der Waals surface area contributed by atoms with Crippen LogP contribution in [0.1, 0.15) is 84.0 Å². The molecule has 0 fully saturated rings. The highest BCUT2D eigenvalue weighted by Crippen LogP contribution is 2.11. The first-order chi connectivity index (χ1) is 8.91. The molecule has 0 saturated carbocycles. The number of hydrogen-bond donors (Lipinski definition) is 0. The van der Waals surface area contributed by atoms with Crippen LogP contribution in [0.2, 0.25) is 0 Å². The van der Waals surface area contributed by atoms with Crippen LogP contribution in [0, 0.1) is 6.92 Å². The van der Waals surface area contributed by atoms with Gasteiger partial charge in [-0.15, -0.1) is 0 Å². The summed E-state index contributed by atoms with van der Waals surface area (Å²) in [4.78, 5) is 0. The average Bonchev–Trinajstić information content (AvgIpc) is 2.39. The van der Waals surface area contributed by atoms with Crippen molar-refractivity contribution < 1.29 is 0 Å². The molecule has 0 aliphatic carbocycles. The van der Waals surface area contributed by atoms with E-state index >= 15 is 0 Å². The van der Waals surface area contributed by atoms with Gasteiger partial charge in [0.15, 0.2) is 0 Å². The maximum atomic E-state index is 3.65. The Morgan fingerprint density at radius 1 is 0.667 bits per heavy atom. The molecular weight excluding hydrogens is 216 g/mol. The van der Waals surface area contributed by atoms with Crippen molar-refractivity contribution in [2.45, 2.75) is 84.0 Å². The van der Waals surface area contributed by atoms with Gasteiger partial charge in [-0.25, -0.2) is 0 Å². The molecule has 0 saturated heterocycles. The second-order valence-electron chi connectivity index (χ2n) is 5.18. The van der Waals surface area contributed by atoms with Crippen molar-refractivity contribution in [2.24, 2.45) is 0 Å². The van der Waals surface area contributed by atoms with E-state index < -0.39 is 0 Å². The number of allylic oxidation sites excluding steroid dienone is 4. The van der Waals surface area contributed by atoms with Crippen LogP contribution < -0.4 is 0 Å². The molecule has 0 N–H and O–H groups in total. The molecular formula is C18H33. The van der Waals surface area contributed by atoms with E-state index in [2.05, 4.69) is 26.0 Å². The summed E-state index contributed by atoms with van der Waals surface area (Å²) in [6.07, 6.45) is 25.1. The third kappa shape index (κ3) is 15.5. The zero-order valence-corrected chi connectivity index (χ0v) is 12.5. The van der Waals surface area contributed by atoms with Gasteiger partial charge in [0.2, 0.25) is 0 Å². The predicted octanol–water partition coefficient (Wildman–Crippen LogP) is 6.63. The lowest BCUT2D eigenvalue weighted by atomic mass is 10.1. The van der Waals surface area contributed by atoms with E-state index in [1.54, 1.807) is 0 Å². The van der Waals surface area contributed by atoms with Gasteiger partial charge in [-0.05, 0) is 19.8 Å². The Kier molecular flexibility index (Phi) is 16.0. The number of rotatable bonds is 13. The van der Waals surface area contributed by atoms with Gasteiger partial charge < -0.3 is 0 Å². The smallest absolute Gasteiger partial charge is 0.0313 e. The molecule has 1 radical (unpaired) electrons. The minimum Gasteiger partial charge on any atom is -0.0845 e. The SMILES string of the molecule is [CH2]C=CC=CCCCCCCCCCCCCC. The van der Waals surface area contributed by atoms with Gasteiger partial charge in [-0.3, -0.25) is 0 Å². The molecule has 0 aliphatic heterocycles. The lowest BCUT2D eigenvalue weighted by Gasteiger charge is -2.01. The quantitative estimate of drug-likeness (QED) is 0.254. The lowest BCUT2D eigenvalue weighted by Crippen LogP contribution is -1.81. The maximum absolute atomic E-state index is 3.65. The van der Waals surface area contributed by atoms with Crippen molar-refractivity contribution in [1.82, 2.24) is 0 Å². The van der Waals surface area contributed by atoms with E-state index in [1.807, 2.05) is 12.2 Å². The number of unbranched alkanes of at least 4 members (excludes halogenated alkanes) is 11. The molecule has 0 aromatic carbocycles. The minimum atomic E-state index is 1.22. The fraction of sp³-hybridized carbons (Fsp3) is 0.722. The highest BCUT2D eigenvalue weighted by atomic mass is 14.0. The third-order valence-corrected chi connectivity index (χ3v) is 3.36. The first-order valence-electron chi connectivity index (χ1n) is 8.02. The first-order valence-corrected chi connectivity index (χ1v) is 8.02. The van der Waals surface area contributed by atoms with Crippen LogP contribution in [0.15, 0.2) is 24.3 Å². The van der Waals surface area contributed by atoms with Crippen molar-refractivity contribution in [1.29, 1.82) is 0 Å². The fourth-order valence-electron chi connectivity index (χ4n) is 2.18. The van der Waals surface area contributed by atoms with Crippen molar-refractivity contribution in [3.63, 3.8) is 0 Å². The lowest BCUT2D eigenvalue weighted by molar-refractivity contribution is 0.550. The first kappa shape index (κ1) is 17.5. The van der Waals surface area contributed by atoms with Crippen LogP contribution in [0.5, 0.6) is 0 Å². The summed E-state index contributed by atoms with van der Waals surface area (Å²) in [5.74, 6) is 0. The molecule has 0 aromatic heterocycles. The van der Waals surface area contributed by atoms with Crippen LogP contribution >= 0.6 is 0 Å². The van der Waals surface area contributed by atoms with Crippen molar-refractivity contribution >= 4 is 0 Å². The Balaban J connectivity index is 2.98.